The first-order valence-electron chi connectivity index (χ1n) is 4.86. The summed E-state index contributed by atoms with van der Waals surface area (Å²) < 4.78 is 6.16. The van der Waals surface area contributed by atoms with Gasteiger partial charge in [0.05, 0.1) is 0 Å². The van der Waals surface area contributed by atoms with Gasteiger partial charge < -0.3 is 0 Å². The Balaban J connectivity index is 2.50. The molecule has 82 valence electrons. The molecular formula is C11H11N2O3+. The van der Waals surface area contributed by atoms with E-state index in [0.717, 1.165) is 5.69 Å². The summed E-state index contributed by atoms with van der Waals surface area (Å²) in [7, 11) is 0. The number of Topliss-reactive ketones (excluding diaryl/α,β-unsaturated/α-hetero) is 1. The third kappa shape index (κ3) is 1.93. The van der Waals surface area contributed by atoms with Crippen molar-refractivity contribution >= 4 is 5.78 Å². The molecule has 2 rings (SSSR count). The predicted molar refractivity (Wildman–Crippen MR) is 55.2 cm³/mol. The van der Waals surface area contributed by atoms with Crippen molar-refractivity contribution in [1.82, 2.24) is 5.27 Å². The molecule has 1 N–H and O–H groups in total. The molecule has 0 radical (unpaired) electrons. The summed E-state index contributed by atoms with van der Waals surface area (Å²) in [5.74, 6) is -0.0865. The fourth-order valence-corrected chi connectivity index (χ4v) is 1.47. The van der Waals surface area contributed by atoms with Crippen LogP contribution in [-0.2, 0) is 11.2 Å². The van der Waals surface area contributed by atoms with E-state index in [1.165, 1.54) is 11.6 Å². The number of hydrogen-bond donors (Lipinski definition) is 1. The Hall–Kier alpha value is -2.17. The maximum absolute atomic E-state index is 11.4. The Kier molecular flexibility index (Phi) is 2.68. The zero-order valence-electron chi connectivity index (χ0n) is 8.77. The van der Waals surface area contributed by atoms with Crippen molar-refractivity contribution < 1.29 is 14.0 Å². The van der Waals surface area contributed by atoms with Gasteiger partial charge in [0.2, 0.25) is 5.69 Å². The van der Waals surface area contributed by atoms with E-state index in [-0.39, 0.29) is 12.2 Å². The number of carbonyl (C=O) groups is 1. The molecule has 0 saturated heterocycles. The van der Waals surface area contributed by atoms with Gasteiger partial charge in [0.25, 0.3) is 0 Å². The Labute approximate surface area is 91.3 Å². The lowest BCUT2D eigenvalue weighted by Gasteiger charge is -1.91. The molecule has 1 aromatic carbocycles. The van der Waals surface area contributed by atoms with E-state index in [4.69, 9.17) is 0 Å². The van der Waals surface area contributed by atoms with Crippen LogP contribution >= 0.6 is 0 Å². The third-order valence-corrected chi connectivity index (χ3v) is 2.17. The van der Waals surface area contributed by atoms with E-state index in [9.17, 15) is 9.59 Å². The highest BCUT2D eigenvalue weighted by Crippen LogP contribution is 1.98. The lowest BCUT2D eigenvalue weighted by molar-refractivity contribution is -0.676. The standard InChI is InChI=1S/C11H10N2O3/c1-8(14)7-10-11(15)16-12-13(10)9-5-3-2-4-6-9/h2-6H,7H2,1H3/p+1. The Morgan fingerprint density at radius 3 is 2.69 bits per heavy atom. The molecule has 0 aliphatic heterocycles. The SMILES string of the molecule is CC(=O)Cc1c(=O)o[nH][n+]1-c1ccccc1. The number of aromatic nitrogens is 2. The van der Waals surface area contributed by atoms with Crippen LogP contribution in [0, 0.1) is 0 Å². The summed E-state index contributed by atoms with van der Waals surface area (Å²) in [5, 5.41) is 2.47. The summed E-state index contributed by atoms with van der Waals surface area (Å²) in [6.45, 7) is 1.43. The molecule has 5 nitrogen and oxygen atoms in total. The Morgan fingerprint density at radius 1 is 1.38 bits per heavy atom. The number of H-pyrrole nitrogens is 1. The predicted octanol–water partition coefficient (Wildman–Crippen LogP) is 0.376. The van der Waals surface area contributed by atoms with Gasteiger partial charge >= 0.3 is 11.3 Å². The van der Waals surface area contributed by atoms with Gasteiger partial charge in [-0.25, -0.2) is 4.79 Å². The third-order valence-electron chi connectivity index (χ3n) is 2.17. The van der Waals surface area contributed by atoms with Crippen molar-refractivity contribution in [3.8, 4) is 5.69 Å². The molecule has 0 atom stereocenters. The van der Waals surface area contributed by atoms with E-state index in [1.807, 2.05) is 30.3 Å². The van der Waals surface area contributed by atoms with Gasteiger partial charge in [-0.1, -0.05) is 18.2 Å². The molecule has 0 aliphatic rings. The average molecular weight is 219 g/mol. The molecule has 0 amide bonds. The van der Waals surface area contributed by atoms with Crippen LogP contribution in [0.4, 0.5) is 0 Å². The van der Waals surface area contributed by atoms with Crippen LogP contribution in [0.3, 0.4) is 0 Å². The molecule has 5 heteroatoms. The van der Waals surface area contributed by atoms with E-state index < -0.39 is 5.63 Å². The van der Waals surface area contributed by atoms with Crippen molar-refractivity contribution in [3.05, 3.63) is 46.4 Å². The highest BCUT2D eigenvalue weighted by molar-refractivity contribution is 5.77. The minimum atomic E-state index is -0.515. The lowest BCUT2D eigenvalue weighted by atomic mass is 10.2. The minimum Gasteiger partial charge on any atom is -0.299 e. The maximum atomic E-state index is 11.4. The Morgan fingerprint density at radius 2 is 2.06 bits per heavy atom. The van der Waals surface area contributed by atoms with Gasteiger partial charge in [-0.15, -0.1) is 0 Å². The first-order valence-corrected chi connectivity index (χ1v) is 4.86. The second kappa shape index (κ2) is 4.14. The van der Waals surface area contributed by atoms with Crippen LogP contribution in [0.2, 0.25) is 0 Å². The second-order valence-corrected chi connectivity index (χ2v) is 3.48. The average Bonchev–Trinajstić information content (AvgIpc) is 2.61. The number of aromatic amines is 1. The summed E-state index contributed by atoms with van der Waals surface area (Å²) in [5.41, 5.74) is 0.544. The number of hydrogen-bond acceptors (Lipinski definition) is 3. The molecule has 0 bridgehead atoms. The van der Waals surface area contributed by atoms with Crippen molar-refractivity contribution in [1.29, 1.82) is 0 Å². The molecule has 1 heterocycles. The Bertz CT molecular complexity index is 554. The van der Waals surface area contributed by atoms with Gasteiger partial charge in [0.15, 0.2) is 0 Å². The molecule has 16 heavy (non-hydrogen) atoms. The van der Waals surface area contributed by atoms with E-state index in [1.54, 1.807) is 0 Å². The summed E-state index contributed by atoms with van der Waals surface area (Å²) in [6, 6.07) is 9.17. The summed E-state index contributed by atoms with van der Waals surface area (Å²) in [6.07, 6.45) is 0.0563. The summed E-state index contributed by atoms with van der Waals surface area (Å²) in [4.78, 5) is 22.4. The number of nitrogens with zero attached hydrogens (tertiary/aromatic N) is 1. The van der Waals surface area contributed by atoms with Gasteiger partial charge in [-0.2, -0.15) is 0 Å². The van der Waals surface area contributed by atoms with Gasteiger partial charge in [-0.3, -0.25) is 9.32 Å². The van der Waals surface area contributed by atoms with E-state index >= 15 is 0 Å². The molecule has 0 aliphatic carbocycles. The van der Waals surface area contributed by atoms with Crippen molar-refractivity contribution in [2.45, 2.75) is 13.3 Å². The molecule has 0 unspecified atom stereocenters. The number of ketones is 1. The zero-order valence-corrected chi connectivity index (χ0v) is 8.77. The minimum absolute atomic E-state index is 0.0563. The number of benzene rings is 1. The largest absolute Gasteiger partial charge is 0.430 e. The van der Waals surface area contributed by atoms with Crippen LogP contribution in [0.15, 0.2) is 39.6 Å². The van der Waals surface area contributed by atoms with Crippen LogP contribution in [-0.4, -0.2) is 11.1 Å². The van der Waals surface area contributed by atoms with E-state index in [0.29, 0.717) is 5.69 Å². The van der Waals surface area contributed by atoms with Gasteiger partial charge in [0, 0.05) is 12.1 Å². The maximum Gasteiger partial charge on any atom is 0.430 e. The normalized spacial score (nSPS) is 10.3. The first kappa shape index (κ1) is 10.4. The monoisotopic (exact) mass is 219 g/mol. The number of carbonyl (C=O) groups excluding carboxylic acids is 1. The molecule has 1 aromatic heterocycles. The van der Waals surface area contributed by atoms with Crippen molar-refractivity contribution in [3.63, 3.8) is 0 Å². The number of para-hydroxylation sites is 1. The van der Waals surface area contributed by atoms with Gasteiger partial charge in [0.1, 0.15) is 12.2 Å². The molecule has 2 aromatic rings. The first-order chi connectivity index (χ1) is 7.68. The fraction of sp³-hybridized carbons (Fsp3) is 0.182. The highest BCUT2D eigenvalue weighted by atomic mass is 16.5. The zero-order chi connectivity index (χ0) is 11.5. The quantitative estimate of drug-likeness (QED) is 0.759. The lowest BCUT2D eigenvalue weighted by Crippen LogP contribution is -2.39. The van der Waals surface area contributed by atoms with Crippen LogP contribution in [0.25, 0.3) is 5.69 Å². The smallest absolute Gasteiger partial charge is 0.299 e. The molecule has 0 fully saturated rings. The highest BCUT2D eigenvalue weighted by Gasteiger charge is 2.23. The fourth-order valence-electron chi connectivity index (χ4n) is 1.47. The summed E-state index contributed by atoms with van der Waals surface area (Å²) >= 11 is 0. The van der Waals surface area contributed by atoms with E-state index in [2.05, 4.69) is 9.79 Å². The molecule has 0 saturated carbocycles. The van der Waals surface area contributed by atoms with Gasteiger partial charge in [-0.05, 0) is 16.9 Å². The number of nitrogens with one attached hydrogen (secondary N) is 1. The second-order valence-electron chi connectivity index (χ2n) is 3.48. The van der Waals surface area contributed by atoms with Crippen LogP contribution in [0.5, 0.6) is 0 Å². The topological polar surface area (TPSA) is 67.0 Å². The van der Waals surface area contributed by atoms with Crippen LogP contribution in [0.1, 0.15) is 12.6 Å². The van der Waals surface area contributed by atoms with Crippen molar-refractivity contribution in [2.24, 2.45) is 0 Å². The molecular weight excluding hydrogens is 208 g/mol. The van der Waals surface area contributed by atoms with Crippen LogP contribution < -0.4 is 10.3 Å². The molecule has 0 spiro atoms. The number of rotatable bonds is 3. The van der Waals surface area contributed by atoms with Crippen molar-refractivity contribution in [2.75, 3.05) is 0 Å².